The number of rotatable bonds is 5. The number of nitrogens with one attached hydrogen (secondary N) is 1. The molecule has 1 aromatic rings. The predicted molar refractivity (Wildman–Crippen MR) is 74.5 cm³/mol. The second-order valence-corrected chi connectivity index (χ2v) is 3.75. The molecule has 1 N–H and O–H groups in total. The molecule has 0 fully saturated rings. The number of nitrogens with zero attached hydrogens (tertiary/aromatic N) is 1. The Kier molecular flexibility index (Phi) is 8.66. The van der Waals surface area contributed by atoms with Crippen molar-refractivity contribution in [1.82, 2.24) is 10.2 Å². The molecular formula is C14H24N2O2. The molecule has 0 bridgehead atoms. The van der Waals surface area contributed by atoms with Crippen LogP contribution >= 0.6 is 0 Å². The van der Waals surface area contributed by atoms with Crippen LogP contribution in [0.5, 0.6) is 5.75 Å². The zero-order valence-electron chi connectivity index (χ0n) is 12.0. The van der Waals surface area contributed by atoms with Gasteiger partial charge in [-0.15, -0.1) is 0 Å². The quantitative estimate of drug-likeness (QED) is 0.817. The maximum absolute atomic E-state index is 10.7. The highest BCUT2D eigenvalue weighted by Gasteiger charge is 2.01. The maximum Gasteiger partial charge on any atom is 0.217 e. The minimum Gasteiger partial charge on any atom is -0.497 e. The molecule has 1 rings (SSSR count). The molecular weight excluding hydrogens is 228 g/mol. The number of amides is 1. The molecule has 102 valence electrons. The summed E-state index contributed by atoms with van der Waals surface area (Å²) in [5.41, 5.74) is 1.19. The van der Waals surface area contributed by atoms with Gasteiger partial charge in [0.2, 0.25) is 5.91 Å². The van der Waals surface area contributed by atoms with Crippen molar-refractivity contribution in [3.05, 3.63) is 29.8 Å². The molecule has 0 heterocycles. The highest BCUT2D eigenvalue weighted by atomic mass is 16.5. The van der Waals surface area contributed by atoms with Crippen molar-refractivity contribution < 1.29 is 9.53 Å². The topological polar surface area (TPSA) is 41.6 Å². The van der Waals surface area contributed by atoms with Crippen LogP contribution in [0.2, 0.25) is 0 Å². The number of ether oxygens (including phenoxy) is 1. The number of hydrogen-bond donors (Lipinski definition) is 1. The van der Waals surface area contributed by atoms with Crippen molar-refractivity contribution in [2.45, 2.75) is 27.3 Å². The summed E-state index contributed by atoms with van der Waals surface area (Å²) < 4.78 is 5.08. The highest BCUT2D eigenvalue weighted by molar-refractivity contribution is 5.72. The van der Waals surface area contributed by atoms with Gasteiger partial charge in [-0.25, -0.2) is 0 Å². The van der Waals surface area contributed by atoms with Crippen molar-refractivity contribution in [2.75, 3.05) is 20.8 Å². The summed E-state index contributed by atoms with van der Waals surface area (Å²) in [5, 5.41) is 2.75. The van der Waals surface area contributed by atoms with E-state index >= 15 is 0 Å². The Balaban J connectivity index is 0.00000137. The minimum absolute atomic E-state index is 0.0124. The third kappa shape index (κ3) is 6.91. The van der Waals surface area contributed by atoms with E-state index in [-0.39, 0.29) is 5.91 Å². The first kappa shape index (κ1) is 16.4. The van der Waals surface area contributed by atoms with Crippen LogP contribution in [-0.2, 0) is 11.3 Å². The molecule has 0 unspecified atom stereocenters. The van der Waals surface area contributed by atoms with Crippen molar-refractivity contribution in [3.63, 3.8) is 0 Å². The van der Waals surface area contributed by atoms with E-state index in [9.17, 15) is 4.79 Å². The van der Waals surface area contributed by atoms with Crippen LogP contribution < -0.4 is 10.1 Å². The molecule has 0 saturated carbocycles. The van der Waals surface area contributed by atoms with Crippen LogP contribution in [-0.4, -0.2) is 31.6 Å². The lowest BCUT2D eigenvalue weighted by Crippen LogP contribution is -2.33. The minimum atomic E-state index is -0.0124. The average molecular weight is 252 g/mol. The van der Waals surface area contributed by atoms with Gasteiger partial charge < -0.3 is 10.1 Å². The summed E-state index contributed by atoms with van der Waals surface area (Å²) in [4.78, 5) is 12.8. The van der Waals surface area contributed by atoms with Crippen molar-refractivity contribution in [3.8, 4) is 5.75 Å². The van der Waals surface area contributed by atoms with Crippen molar-refractivity contribution >= 4 is 5.91 Å². The lowest BCUT2D eigenvalue weighted by atomic mass is 10.2. The van der Waals surface area contributed by atoms with E-state index in [0.29, 0.717) is 6.67 Å². The van der Waals surface area contributed by atoms with Crippen molar-refractivity contribution in [1.29, 1.82) is 0 Å². The fraction of sp³-hybridized carbons (Fsp3) is 0.500. The van der Waals surface area contributed by atoms with Gasteiger partial charge in [-0.2, -0.15) is 0 Å². The number of methoxy groups -OCH3 is 1. The van der Waals surface area contributed by atoms with E-state index in [2.05, 4.69) is 5.32 Å². The summed E-state index contributed by atoms with van der Waals surface area (Å²) in [5.74, 6) is 0.842. The van der Waals surface area contributed by atoms with Crippen molar-refractivity contribution in [2.24, 2.45) is 0 Å². The molecule has 0 saturated heterocycles. The Morgan fingerprint density at radius 3 is 2.28 bits per heavy atom. The molecule has 18 heavy (non-hydrogen) atoms. The first-order valence-electron chi connectivity index (χ1n) is 6.17. The van der Waals surface area contributed by atoms with Crippen LogP contribution in [0.1, 0.15) is 26.3 Å². The smallest absolute Gasteiger partial charge is 0.217 e. The van der Waals surface area contributed by atoms with Crippen LogP contribution in [0.25, 0.3) is 0 Å². The monoisotopic (exact) mass is 252 g/mol. The third-order valence-corrected chi connectivity index (χ3v) is 2.21. The molecule has 0 aliphatic heterocycles. The highest BCUT2D eigenvalue weighted by Crippen LogP contribution is 2.12. The van der Waals surface area contributed by atoms with Crippen LogP contribution in [0.3, 0.4) is 0 Å². The molecule has 0 atom stereocenters. The summed E-state index contributed by atoms with van der Waals surface area (Å²) >= 11 is 0. The lowest BCUT2D eigenvalue weighted by Gasteiger charge is -2.16. The van der Waals surface area contributed by atoms with Crippen LogP contribution in [0.4, 0.5) is 0 Å². The molecule has 1 amide bonds. The zero-order valence-corrected chi connectivity index (χ0v) is 12.0. The van der Waals surface area contributed by atoms with E-state index < -0.39 is 0 Å². The van der Waals surface area contributed by atoms with Gasteiger partial charge in [0.25, 0.3) is 0 Å². The third-order valence-electron chi connectivity index (χ3n) is 2.21. The lowest BCUT2D eigenvalue weighted by molar-refractivity contribution is -0.119. The van der Waals surface area contributed by atoms with E-state index in [1.807, 2.05) is 50.1 Å². The van der Waals surface area contributed by atoms with Gasteiger partial charge in [0.05, 0.1) is 13.8 Å². The SMILES string of the molecule is CC.COc1ccc(CN(C)CNC(C)=O)cc1. The number of hydrogen-bond acceptors (Lipinski definition) is 3. The number of carbonyl (C=O) groups is 1. The van der Waals surface area contributed by atoms with Gasteiger partial charge in [0.15, 0.2) is 0 Å². The molecule has 4 heteroatoms. The molecule has 0 spiro atoms. The van der Waals surface area contributed by atoms with Gasteiger partial charge in [0, 0.05) is 13.5 Å². The molecule has 4 nitrogen and oxygen atoms in total. The van der Waals surface area contributed by atoms with E-state index in [1.165, 1.54) is 12.5 Å². The number of benzene rings is 1. The van der Waals surface area contributed by atoms with Gasteiger partial charge in [-0.3, -0.25) is 9.69 Å². The van der Waals surface area contributed by atoms with Crippen LogP contribution in [0.15, 0.2) is 24.3 Å². The van der Waals surface area contributed by atoms with Gasteiger partial charge >= 0.3 is 0 Å². The van der Waals surface area contributed by atoms with Crippen LogP contribution in [0, 0.1) is 0 Å². The second-order valence-electron chi connectivity index (χ2n) is 3.75. The Morgan fingerprint density at radius 1 is 1.28 bits per heavy atom. The maximum atomic E-state index is 10.7. The Bertz CT molecular complexity index is 336. The molecule has 0 aromatic heterocycles. The largest absolute Gasteiger partial charge is 0.497 e. The second kappa shape index (κ2) is 9.48. The molecule has 0 aliphatic carbocycles. The normalized spacial score (nSPS) is 9.44. The Hall–Kier alpha value is -1.55. The summed E-state index contributed by atoms with van der Waals surface area (Å²) in [6, 6.07) is 7.90. The fourth-order valence-corrected chi connectivity index (χ4v) is 1.34. The van der Waals surface area contributed by atoms with Gasteiger partial charge in [-0.05, 0) is 24.7 Å². The fourth-order valence-electron chi connectivity index (χ4n) is 1.34. The van der Waals surface area contributed by atoms with E-state index in [1.54, 1.807) is 7.11 Å². The summed E-state index contributed by atoms with van der Waals surface area (Å²) in [6.45, 7) is 6.87. The van der Waals surface area contributed by atoms with E-state index in [4.69, 9.17) is 4.74 Å². The summed E-state index contributed by atoms with van der Waals surface area (Å²) in [6.07, 6.45) is 0. The van der Waals surface area contributed by atoms with Gasteiger partial charge in [-0.1, -0.05) is 26.0 Å². The zero-order chi connectivity index (χ0) is 14.0. The predicted octanol–water partition coefficient (Wildman–Crippen LogP) is 2.25. The molecule has 0 aliphatic rings. The average Bonchev–Trinajstić information content (AvgIpc) is 2.39. The number of carbonyl (C=O) groups excluding carboxylic acids is 1. The van der Waals surface area contributed by atoms with Gasteiger partial charge in [0.1, 0.15) is 5.75 Å². The Labute approximate surface area is 110 Å². The van der Waals surface area contributed by atoms with E-state index in [0.717, 1.165) is 12.3 Å². The summed E-state index contributed by atoms with van der Waals surface area (Å²) in [7, 11) is 3.61. The standard InChI is InChI=1S/C12H18N2O2.C2H6/c1-10(15)13-9-14(2)8-11-4-6-12(16-3)7-5-11;1-2/h4-7H,8-9H2,1-3H3,(H,13,15);1-2H3. The molecule has 0 radical (unpaired) electrons. The molecule has 1 aromatic carbocycles. The first-order valence-corrected chi connectivity index (χ1v) is 6.17. The Morgan fingerprint density at radius 2 is 1.83 bits per heavy atom. The first-order chi connectivity index (χ1) is 8.61.